The summed E-state index contributed by atoms with van der Waals surface area (Å²) < 4.78 is 5.49. The highest BCUT2D eigenvalue weighted by Gasteiger charge is 2.47. The first-order valence-electron chi connectivity index (χ1n) is 4.63. The Morgan fingerprint density at radius 1 is 1.36 bits per heavy atom. The molecule has 2 nitrogen and oxygen atoms in total. The Hall–Kier alpha value is -0.0800. The average molecular weight is 158 g/mol. The van der Waals surface area contributed by atoms with E-state index in [1.807, 2.05) is 13.8 Å². The van der Waals surface area contributed by atoms with E-state index >= 15 is 0 Å². The summed E-state index contributed by atoms with van der Waals surface area (Å²) in [5, 5.41) is 9.20. The lowest BCUT2D eigenvalue weighted by atomic mass is 10.1. The molecule has 0 aromatic carbocycles. The maximum Gasteiger partial charge on any atom is 0.0709 e. The molecule has 1 spiro atoms. The molecular formula is C9H18O2. The molecular weight excluding hydrogens is 140 g/mol. The van der Waals surface area contributed by atoms with Crippen molar-refractivity contribution in [3.8, 4) is 0 Å². The van der Waals surface area contributed by atoms with Gasteiger partial charge in [0.25, 0.3) is 0 Å². The van der Waals surface area contributed by atoms with Crippen molar-refractivity contribution in [1.82, 2.24) is 0 Å². The van der Waals surface area contributed by atoms with Gasteiger partial charge in [0.15, 0.2) is 0 Å². The van der Waals surface area contributed by atoms with Crippen LogP contribution < -0.4 is 0 Å². The number of hydrogen-bond acceptors (Lipinski definition) is 2. The third kappa shape index (κ3) is 2.17. The number of aliphatic hydroxyl groups excluding tert-OH is 1. The van der Waals surface area contributed by atoms with Gasteiger partial charge in [0.2, 0.25) is 0 Å². The highest BCUT2D eigenvalue weighted by Crippen LogP contribution is 2.46. The quantitative estimate of drug-likeness (QED) is 0.581. The van der Waals surface area contributed by atoms with Crippen LogP contribution in [0.2, 0.25) is 0 Å². The molecule has 0 radical (unpaired) electrons. The van der Waals surface area contributed by atoms with Gasteiger partial charge in [-0.3, -0.25) is 0 Å². The molecule has 2 rings (SSSR count). The summed E-state index contributed by atoms with van der Waals surface area (Å²) in [6.07, 6.45) is 3.98. The number of hydrogen-bond donors (Lipinski definition) is 1. The summed E-state index contributed by atoms with van der Waals surface area (Å²) in [5.74, 6) is 0. The Kier molecular flexibility index (Phi) is 2.90. The zero-order valence-electron chi connectivity index (χ0n) is 7.47. The first-order valence-corrected chi connectivity index (χ1v) is 4.63. The first-order chi connectivity index (χ1) is 5.31. The van der Waals surface area contributed by atoms with Gasteiger partial charge in [0.05, 0.1) is 11.7 Å². The van der Waals surface area contributed by atoms with Crippen LogP contribution in [-0.4, -0.2) is 23.4 Å². The molecule has 1 saturated carbocycles. The highest BCUT2D eigenvalue weighted by atomic mass is 16.5. The van der Waals surface area contributed by atoms with Crippen molar-refractivity contribution in [2.24, 2.45) is 0 Å². The molecule has 1 atom stereocenters. The molecule has 0 bridgehead atoms. The lowest BCUT2D eigenvalue weighted by Crippen LogP contribution is -2.30. The molecule has 0 aromatic heterocycles. The Labute approximate surface area is 68.6 Å². The Morgan fingerprint density at radius 3 is 2.36 bits per heavy atom. The monoisotopic (exact) mass is 158 g/mol. The molecule has 1 heterocycles. The van der Waals surface area contributed by atoms with Gasteiger partial charge in [0.1, 0.15) is 0 Å². The fourth-order valence-electron chi connectivity index (χ4n) is 1.49. The van der Waals surface area contributed by atoms with Gasteiger partial charge in [0, 0.05) is 13.0 Å². The van der Waals surface area contributed by atoms with Gasteiger partial charge in [-0.2, -0.15) is 0 Å². The second-order valence-electron chi connectivity index (χ2n) is 3.18. The van der Waals surface area contributed by atoms with Crippen LogP contribution in [-0.2, 0) is 4.74 Å². The minimum absolute atomic E-state index is 0.0822. The van der Waals surface area contributed by atoms with Crippen molar-refractivity contribution in [1.29, 1.82) is 0 Å². The summed E-state index contributed by atoms with van der Waals surface area (Å²) in [4.78, 5) is 0. The summed E-state index contributed by atoms with van der Waals surface area (Å²) in [5.41, 5.74) is 0.150. The topological polar surface area (TPSA) is 29.5 Å². The fraction of sp³-hybridized carbons (Fsp3) is 1.00. The van der Waals surface area contributed by atoms with E-state index in [4.69, 9.17) is 4.74 Å². The second-order valence-corrected chi connectivity index (χ2v) is 3.18. The van der Waals surface area contributed by atoms with Crippen molar-refractivity contribution in [2.45, 2.75) is 51.2 Å². The van der Waals surface area contributed by atoms with Crippen molar-refractivity contribution in [3.05, 3.63) is 0 Å². The van der Waals surface area contributed by atoms with Crippen molar-refractivity contribution < 1.29 is 9.84 Å². The summed E-state index contributed by atoms with van der Waals surface area (Å²) in [6.45, 7) is 4.77. The molecule has 2 heteroatoms. The predicted molar refractivity (Wildman–Crippen MR) is 44.5 cm³/mol. The molecule has 11 heavy (non-hydrogen) atoms. The molecule has 1 aliphatic carbocycles. The zero-order chi connectivity index (χ0) is 8.32. The normalized spacial score (nSPS) is 32.5. The molecule has 66 valence electrons. The average Bonchev–Trinajstić information content (AvgIpc) is 2.73. The van der Waals surface area contributed by atoms with E-state index in [9.17, 15) is 5.11 Å². The van der Waals surface area contributed by atoms with Crippen LogP contribution in [0.1, 0.15) is 39.5 Å². The van der Waals surface area contributed by atoms with E-state index < -0.39 is 0 Å². The SMILES string of the molecule is CC.O[C@@H]1CCOC2(CC2)C1. The largest absolute Gasteiger partial charge is 0.393 e. The van der Waals surface area contributed by atoms with E-state index in [1.165, 1.54) is 12.8 Å². The smallest absolute Gasteiger partial charge is 0.0709 e. The van der Waals surface area contributed by atoms with Gasteiger partial charge in [-0.15, -0.1) is 0 Å². The lowest BCUT2D eigenvalue weighted by Gasteiger charge is -2.25. The summed E-state index contributed by atoms with van der Waals surface area (Å²) in [7, 11) is 0. The van der Waals surface area contributed by atoms with Crippen LogP contribution in [0, 0.1) is 0 Å². The first kappa shape index (κ1) is 9.01. The lowest BCUT2D eigenvalue weighted by molar-refractivity contribution is -0.0590. The van der Waals surface area contributed by atoms with Crippen LogP contribution in [0.5, 0.6) is 0 Å². The van der Waals surface area contributed by atoms with Crippen molar-refractivity contribution in [2.75, 3.05) is 6.61 Å². The predicted octanol–water partition coefficient (Wildman–Crippen LogP) is 1.72. The summed E-state index contributed by atoms with van der Waals surface area (Å²) in [6, 6.07) is 0. The second kappa shape index (κ2) is 3.55. The molecule has 1 N–H and O–H groups in total. The van der Waals surface area contributed by atoms with Gasteiger partial charge in [-0.05, 0) is 19.3 Å². The molecule has 0 aromatic rings. The van der Waals surface area contributed by atoms with Crippen LogP contribution in [0.4, 0.5) is 0 Å². The molecule has 1 aliphatic heterocycles. The molecule has 1 saturated heterocycles. The highest BCUT2D eigenvalue weighted by molar-refractivity contribution is 4.99. The number of aliphatic hydroxyl groups is 1. The van der Waals surface area contributed by atoms with E-state index in [-0.39, 0.29) is 11.7 Å². The van der Waals surface area contributed by atoms with Gasteiger partial charge >= 0.3 is 0 Å². The van der Waals surface area contributed by atoms with Gasteiger partial charge in [-0.25, -0.2) is 0 Å². The van der Waals surface area contributed by atoms with E-state index in [0.29, 0.717) is 0 Å². The molecule has 2 fully saturated rings. The molecule has 2 aliphatic rings. The van der Waals surface area contributed by atoms with Crippen LogP contribution in [0.25, 0.3) is 0 Å². The fourth-order valence-corrected chi connectivity index (χ4v) is 1.49. The minimum Gasteiger partial charge on any atom is -0.393 e. The van der Waals surface area contributed by atoms with Crippen LogP contribution in [0.3, 0.4) is 0 Å². The van der Waals surface area contributed by atoms with Crippen LogP contribution in [0.15, 0.2) is 0 Å². The van der Waals surface area contributed by atoms with Gasteiger partial charge < -0.3 is 9.84 Å². The molecule has 0 unspecified atom stereocenters. The maximum absolute atomic E-state index is 9.20. The zero-order valence-corrected chi connectivity index (χ0v) is 7.47. The van der Waals surface area contributed by atoms with E-state index in [0.717, 1.165) is 19.4 Å². The summed E-state index contributed by atoms with van der Waals surface area (Å²) >= 11 is 0. The van der Waals surface area contributed by atoms with E-state index in [2.05, 4.69) is 0 Å². The third-order valence-corrected chi connectivity index (χ3v) is 2.27. The van der Waals surface area contributed by atoms with Crippen molar-refractivity contribution in [3.63, 3.8) is 0 Å². The van der Waals surface area contributed by atoms with E-state index in [1.54, 1.807) is 0 Å². The third-order valence-electron chi connectivity index (χ3n) is 2.27. The number of rotatable bonds is 0. The van der Waals surface area contributed by atoms with Crippen molar-refractivity contribution >= 4 is 0 Å². The minimum atomic E-state index is -0.0822. The molecule has 0 amide bonds. The van der Waals surface area contributed by atoms with Gasteiger partial charge in [-0.1, -0.05) is 13.8 Å². The Bertz CT molecular complexity index is 119. The maximum atomic E-state index is 9.20. The standard InChI is InChI=1S/C7H12O2.C2H6/c8-6-1-4-9-7(5-6)2-3-7;1-2/h6,8H,1-5H2;1-2H3/t6-;/m1./s1. The Morgan fingerprint density at radius 2 is 2.00 bits per heavy atom. The Balaban J connectivity index is 0.000000281. The van der Waals surface area contributed by atoms with Crippen LogP contribution >= 0.6 is 0 Å². The number of ether oxygens (including phenoxy) is 1.